The van der Waals surface area contributed by atoms with Crippen LogP contribution >= 0.6 is 0 Å². The van der Waals surface area contributed by atoms with Crippen LogP contribution in [0.1, 0.15) is 25.7 Å². The smallest absolute Gasteiger partial charge is 0.0910 e. The summed E-state index contributed by atoms with van der Waals surface area (Å²) in [6.07, 6.45) is 5.25. The zero-order valence-electron chi connectivity index (χ0n) is 16.7. The first-order valence-electron chi connectivity index (χ1n) is 10.9. The van der Waals surface area contributed by atoms with Crippen molar-refractivity contribution in [2.24, 2.45) is 0 Å². The van der Waals surface area contributed by atoms with Gasteiger partial charge in [-0.1, -0.05) is 85.6 Å². The first-order valence-corrected chi connectivity index (χ1v) is 10.9. The average Bonchev–Trinajstić information content (AvgIpc) is 3.18. The fraction of sp³-hybridized carbons (Fsp3) is 0.259. The number of anilines is 2. The standard InChI is InChI=1S/C27H26N2/c1-3-13-22-20(9-1)11-7-17-24(22)28-19-29(27-16-6-5-15-26(27)28)25-18-8-12-21-10-2-4-14-23(21)25/h1-4,7-14,17-18,26-27H,5-6,15-16,19H2. The summed E-state index contributed by atoms with van der Waals surface area (Å²) in [7, 11) is 0. The van der Waals surface area contributed by atoms with Crippen molar-refractivity contribution in [3.8, 4) is 0 Å². The lowest BCUT2D eigenvalue weighted by molar-refractivity contribution is 0.409. The molecular formula is C27H26N2. The van der Waals surface area contributed by atoms with Crippen LogP contribution in [0.25, 0.3) is 21.5 Å². The maximum absolute atomic E-state index is 2.69. The van der Waals surface area contributed by atoms with Gasteiger partial charge in [0, 0.05) is 22.1 Å². The molecule has 1 saturated carbocycles. The first kappa shape index (κ1) is 16.9. The summed E-state index contributed by atoms with van der Waals surface area (Å²) < 4.78 is 0. The van der Waals surface area contributed by atoms with Gasteiger partial charge in [-0.2, -0.15) is 0 Å². The maximum Gasteiger partial charge on any atom is 0.0910 e. The van der Waals surface area contributed by atoms with Gasteiger partial charge in [0.1, 0.15) is 0 Å². The monoisotopic (exact) mass is 378 g/mol. The van der Waals surface area contributed by atoms with Crippen LogP contribution in [0.4, 0.5) is 11.4 Å². The minimum atomic E-state index is 0.591. The van der Waals surface area contributed by atoms with Gasteiger partial charge in [-0.05, 0) is 35.7 Å². The van der Waals surface area contributed by atoms with E-state index in [4.69, 9.17) is 0 Å². The highest BCUT2D eigenvalue weighted by Gasteiger charge is 2.42. The maximum atomic E-state index is 2.69. The van der Waals surface area contributed by atoms with Crippen molar-refractivity contribution in [3.05, 3.63) is 84.9 Å². The van der Waals surface area contributed by atoms with Crippen molar-refractivity contribution >= 4 is 32.9 Å². The van der Waals surface area contributed by atoms with E-state index >= 15 is 0 Å². The van der Waals surface area contributed by atoms with E-state index in [-0.39, 0.29) is 0 Å². The number of fused-ring (bicyclic) bond motifs is 3. The van der Waals surface area contributed by atoms with E-state index in [0.717, 1.165) is 6.67 Å². The molecule has 6 rings (SSSR count). The van der Waals surface area contributed by atoms with Crippen molar-refractivity contribution in [1.29, 1.82) is 0 Å². The summed E-state index contributed by atoms with van der Waals surface area (Å²) in [5.41, 5.74) is 2.78. The molecule has 0 aromatic heterocycles. The Morgan fingerprint density at radius 1 is 0.517 bits per heavy atom. The van der Waals surface area contributed by atoms with Crippen LogP contribution in [0.15, 0.2) is 84.9 Å². The normalized spacial score (nSPS) is 21.7. The Morgan fingerprint density at radius 3 is 1.48 bits per heavy atom. The summed E-state index contributed by atoms with van der Waals surface area (Å²) in [5, 5.41) is 5.42. The number of nitrogens with zero attached hydrogens (tertiary/aromatic N) is 2. The summed E-state index contributed by atoms with van der Waals surface area (Å²) >= 11 is 0. The quantitative estimate of drug-likeness (QED) is 0.388. The molecule has 1 aliphatic carbocycles. The molecular weight excluding hydrogens is 352 g/mol. The van der Waals surface area contributed by atoms with Crippen LogP contribution in [0.2, 0.25) is 0 Å². The van der Waals surface area contributed by atoms with Gasteiger partial charge in [-0.3, -0.25) is 0 Å². The van der Waals surface area contributed by atoms with Crippen molar-refractivity contribution in [2.75, 3.05) is 16.5 Å². The van der Waals surface area contributed by atoms with Crippen molar-refractivity contribution in [3.63, 3.8) is 0 Å². The van der Waals surface area contributed by atoms with Crippen molar-refractivity contribution in [1.82, 2.24) is 0 Å². The van der Waals surface area contributed by atoms with E-state index < -0.39 is 0 Å². The van der Waals surface area contributed by atoms with Gasteiger partial charge in [0.25, 0.3) is 0 Å². The van der Waals surface area contributed by atoms with Crippen LogP contribution in [-0.4, -0.2) is 18.8 Å². The zero-order valence-corrected chi connectivity index (χ0v) is 16.7. The fourth-order valence-corrected chi connectivity index (χ4v) is 5.62. The minimum Gasteiger partial charge on any atom is -0.348 e. The molecule has 0 radical (unpaired) electrons. The molecule has 0 amide bonds. The molecule has 4 aromatic rings. The molecule has 144 valence electrons. The van der Waals surface area contributed by atoms with E-state index in [9.17, 15) is 0 Å². The molecule has 1 saturated heterocycles. The van der Waals surface area contributed by atoms with Gasteiger partial charge in [-0.15, -0.1) is 0 Å². The van der Waals surface area contributed by atoms with Crippen LogP contribution < -0.4 is 9.80 Å². The summed E-state index contributed by atoms with van der Waals surface area (Å²) in [6.45, 7) is 0.970. The predicted octanol–water partition coefficient (Wildman–Crippen LogP) is 6.59. The van der Waals surface area contributed by atoms with Gasteiger partial charge in [0.2, 0.25) is 0 Å². The Morgan fingerprint density at radius 2 is 0.966 bits per heavy atom. The van der Waals surface area contributed by atoms with Gasteiger partial charge in [0.15, 0.2) is 0 Å². The average molecular weight is 379 g/mol. The number of benzene rings is 4. The van der Waals surface area contributed by atoms with E-state index in [1.54, 1.807) is 0 Å². The highest BCUT2D eigenvalue weighted by Crippen LogP contribution is 2.42. The molecule has 1 aliphatic heterocycles. The largest absolute Gasteiger partial charge is 0.348 e. The van der Waals surface area contributed by atoms with Gasteiger partial charge in [-0.25, -0.2) is 0 Å². The molecule has 0 spiro atoms. The van der Waals surface area contributed by atoms with E-state index in [1.807, 2.05) is 0 Å². The first-order chi connectivity index (χ1) is 14.4. The van der Waals surface area contributed by atoms with Gasteiger partial charge < -0.3 is 9.80 Å². The van der Waals surface area contributed by atoms with Gasteiger partial charge >= 0.3 is 0 Å². The van der Waals surface area contributed by atoms with E-state index in [1.165, 1.54) is 58.6 Å². The van der Waals surface area contributed by atoms with E-state index in [2.05, 4.69) is 94.7 Å². The Kier molecular flexibility index (Phi) is 3.97. The van der Waals surface area contributed by atoms with E-state index in [0.29, 0.717) is 12.1 Å². The lowest BCUT2D eigenvalue weighted by atomic mass is 9.89. The SMILES string of the molecule is c1ccc2c(N3CN(c4cccc5ccccc45)C4CCCCC43)cccc2c1. The number of rotatable bonds is 2. The molecule has 0 N–H and O–H groups in total. The Bertz CT molecular complexity index is 1080. The topological polar surface area (TPSA) is 6.48 Å². The molecule has 2 fully saturated rings. The van der Waals surface area contributed by atoms with Gasteiger partial charge in [0.05, 0.1) is 18.8 Å². The lowest BCUT2D eigenvalue weighted by Gasteiger charge is -2.34. The van der Waals surface area contributed by atoms with Crippen LogP contribution in [0, 0.1) is 0 Å². The van der Waals surface area contributed by atoms with Crippen LogP contribution in [-0.2, 0) is 0 Å². The third-order valence-electron chi connectivity index (χ3n) is 6.95. The minimum absolute atomic E-state index is 0.591. The molecule has 29 heavy (non-hydrogen) atoms. The van der Waals surface area contributed by atoms with Crippen molar-refractivity contribution < 1.29 is 0 Å². The fourth-order valence-electron chi connectivity index (χ4n) is 5.62. The Balaban J connectivity index is 1.48. The molecule has 2 aliphatic rings. The number of hydrogen-bond donors (Lipinski definition) is 0. The Labute approximate surface area is 172 Å². The second-order valence-electron chi connectivity index (χ2n) is 8.50. The second kappa shape index (κ2) is 6.81. The third-order valence-corrected chi connectivity index (χ3v) is 6.95. The highest BCUT2D eigenvalue weighted by atomic mass is 15.4. The van der Waals surface area contributed by atoms with Crippen LogP contribution in [0.3, 0.4) is 0 Å². The third kappa shape index (κ3) is 2.70. The molecule has 2 heteroatoms. The Hall–Kier alpha value is -3.00. The zero-order chi connectivity index (χ0) is 19.2. The molecule has 2 unspecified atom stereocenters. The summed E-state index contributed by atoms with van der Waals surface area (Å²) in [6, 6.07) is 32.4. The molecule has 2 atom stereocenters. The van der Waals surface area contributed by atoms with Crippen molar-refractivity contribution in [2.45, 2.75) is 37.8 Å². The highest BCUT2D eigenvalue weighted by molar-refractivity contribution is 5.97. The lowest BCUT2D eigenvalue weighted by Crippen LogP contribution is -2.40. The summed E-state index contributed by atoms with van der Waals surface area (Å²) in [4.78, 5) is 5.38. The molecule has 0 bridgehead atoms. The molecule has 4 aromatic carbocycles. The molecule has 2 nitrogen and oxygen atoms in total. The number of hydrogen-bond acceptors (Lipinski definition) is 2. The molecule has 1 heterocycles. The second-order valence-corrected chi connectivity index (χ2v) is 8.50. The van der Waals surface area contributed by atoms with Crippen LogP contribution in [0.5, 0.6) is 0 Å². The summed E-state index contributed by atoms with van der Waals surface area (Å²) in [5.74, 6) is 0. The predicted molar refractivity (Wildman–Crippen MR) is 124 cm³/mol.